The zero-order chi connectivity index (χ0) is 23.4. The van der Waals surface area contributed by atoms with E-state index in [-0.39, 0.29) is 28.5 Å². The summed E-state index contributed by atoms with van der Waals surface area (Å²) in [4.78, 5) is 50.3. The van der Waals surface area contributed by atoms with Gasteiger partial charge < -0.3 is 19.2 Å². The molecule has 0 bridgehead atoms. The molecular formula is C23H17NO7S2. The fraction of sp³-hybridized carbons (Fsp3) is 0.130. The average molecular weight is 484 g/mol. The largest absolute Gasteiger partial charge is 0.462 e. The van der Waals surface area contributed by atoms with E-state index in [1.54, 1.807) is 36.6 Å². The summed E-state index contributed by atoms with van der Waals surface area (Å²) in [7, 11) is 0. The number of fused-ring (bicyclic) bond motifs is 1. The Hall–Kier alpha value is -3.76. The summed E-state index contributed by atoms with van der Waals surface area (Å²) in [5.74, 6) is -2.48. The molecule has 0 aliphatic rings. The van der Waals surface area contributed by atoms with Crippen LogP contribution >= 0.6 is 22.7 Å². The number of nitrogens with one attached hydrogen (secondary N) is 1. The molecule has 0 unspecified atom stereocenters. The smallest absolute Gasteiger partial charge is 0.374 e. The lowest BCUT2D eigenvalue weighted by Crippen LogP contribution is -2.22. The van der Waals surface area contributed by atoms with Gasteiger partial charge in [-0.2, -0.15) is 0 Å². The lowest BCUT2D eigenvalue weighted by molar-refractivity contribution is -0.119. The number of benzene rings is 1. The molecule has 3 heterocycles. The van der Waals surface area contributed by atoms with Crippen molar-refractivity contribution in [3.63, 3.8) is 0 Å². The second-order valence-corrected chi connectivity index (χ2v) is 8.47. The van der Waals surface area contributed by atoms with Crippen LogP contribution in [0.3, 0.4) is 0 Å². The van der Waals surface area contributed by atoms with Crippen LogP contribution in [0.15, 0.2) is 62.4 Å². The quantitative estimate of drug-likeness (QED) is 0.384. The Labute approximate surface area is 195 Å². The fourth-order valence-electron chi connectivity index (χ4n) is 3.04. The number of anilines is 1. The third-order valence-corrected chi connectivity index (χ3v) is 6.28. The van der Waals surface area contributed by atoms with Crippen molar-refractivity contribution in [2.45, 2.75) is 6.92 Å². The van der Waals surface area contributed by atoms with Crippen molar-refractivity contribution in [3.8, 4) is 10.4 Å². The Bertz CT molecular complexity index is 1390. The van der Waals surface area contributed by atoms with Crippen molar-refractivity contribution in [3.05, 3.63) is 74.8 Å². The van der Waals surface area contributed by atoms with E-state index < -0.39 is 29.9 Å². The Morgan fingerprint density at radius 2 is 1.85 bits per heavy atom. The van der Waals surface area contributed by atoms with Crippen LogP contribution < -0.4 is 10.7 Å². The Morgan fingerprint density at radius 3 is 2.61 bits per heavy atom. The minimum atomic E-state index is -0.955. The van der Waals surface area contributed by atoms with Gasteiger partial charge in [0.1, 0.15) is 16.1 Å². The predicted octanol–water partition coefficient (Wildman–Crippen LogP) is 4.56. The lowest BCUT2D eigenvalue weighted by atomic mass is 10.1. The number of rotatable bonds is 7. The molecule has 10 heteroatoms. The summed E-state index contributed by atoms with van der Waals surface area (Å²) in [6.07, 6.45) is 0. The number of carbonyl (C=O) groups excluding carboxylic acids is 3. The van der Waals surface area contributed by atoms with Crippen LogP contribution in [-0.2, 0) is 14.3 Å². The molecule has 1 aromatic carbocycles. The van der Waals surface area contributed by atoms with Gasteiger partial charge in [0.05, 0.1) is 12.0 Å². The molecule has 1 N–H and O–H groups in total. The molecule has 0 aliphatic carbocycles. The van der Waals surface area contributed by atoms with Crippen LogP contribution in [0, 0.1) is 0 Å². The number of para-hydroxylation sites is 1. The molecule has 0 saturated heterocycles. The molecule has 3 aromatic heterocycles. The first kappa shape index (κ1) is 22.4. The average Bonchev–Trinajstić information content (AvgIpc) is 3.47. The first-order chi connectivity index (χ1) is 16.0. The van der Waals surface area contributed by atoms with Crippen molar-refractivity contribution >= 4 is 56.5 Å². The van der Waals surface area contributed by atoms with Gasteiger partial charge in [0, 0.05) is 21.9 Å². The molecule has 4 rings (SSSR count). The molecule has 4 aromatic rings. The molecule has 0 saturated carbocycles. The van der Waals surface area contributed by atoms with Crippen molar-refractivity contribution in [1.82, 2.24) is 0 Å². The predicted molar refractivity (Wildman–Crippen MR) is 125 cm³/mol. The first-order valence-corrected chi connectivity index (χ1v) is 11.6. The number of ether oxygens (including phenoxy) is 2. The fourth-order valence-corrected chi connectivity index (χ4v) is 4.83. The minimum absolute atomic E-state index is 0.181. The summed E-state index contributed by atoms with van der Waals surface area (Å²) >= 11 is 2.62. The van der Waals surface area contributed by atoms with Crippen molar-refractivity contribution in [1.29, 1.82) is 0 Å². The zero-order valence-electron chi connectivity index (χ0n) is 17.3. The van der Waals surface area contributed by atoms with Crippen LogP contribution in [-0.4, -0.2) is 31.1 Å². The first-order valence-electron chi connectivity index (χ1n) is 9.80. The van der Waals surface area contributed by atoms with E-state index in [1.807, 2.05) is 17.5 Å². The Kier molecular flexibility index (Phi) is 6.66. The monoisotopic (exact) mass is 483 g/mol. The van der Waals surface area contributed by atoms with Gasteiger partial charge in [0.2, 0.25) is 5.76 Å². The summed E-state index contributed by atoms with van der Waals surface area (Å²) < 4.78 is 15.6. The second kappa shape index (κ2) is 9.80. The van der Waals surface area contributed by atoms with E-state index in [2.05, 4.69) is 5.32 Å². The van der Waals surface area contributed by atoms with Crippen molar-refractivity contribution in [2.24, 2.45) is 0 Å². The maximum atomic E-state index is 12.5. The molecule has 0 fully saturated rings. The third-order valence-electron chi connectivity index (χ3n) is 4.48. The van der Waals surface area contributed by atoms with E-state index >= 15 is 0 Å². The SMILES string of the molecule is CCOC(=O)c1c(-c2cccs2)csc1NC(=O)COC(=O)c1cc(=O)c2ccccc2o1. The maximum absolute atomic E-state index is 12.5. The molecule has 1 amide bonds. The number of hydrogen-bond donors (Lipinski definition) is 1. The number of thiophene rings is 2. The summed E-state index contributed by atoms with van der Waals surface area (Å²) in [6, 6.07) is 11.2. The van der Waals surface area contributed by atoms with E-state index in [0.717, 1.165) is 22.3 Å². The number of hydrogen-bond acceptors (Lipinski definition) is 9. The summed E-state index contributed by atoms with van der Waals surface area (Å²) in [5, 5.41) is 6.85. The third kappa shape index (κ3) is 4.86. The molecule has 8 nitrogen and oxygen atoms in total. The minimum Gasteiger partial charge on any atom is -0.462 e. The molecule has 168 valence electrons. The van der Waals surface area contributed by atoms with Crippen molar-refractivity contribution < 1.29 is 28.3 Å². The van der Waals surface area contributed by atoms with Gasteiger partial charge in [-0.3, -0.25) is 9.59 Å². The molecule has 33 heavy (non-hydrogen) atoms. The molecule has 0 aliphatic heterocycles. The van der Waals surface area contributed by atoms with Crippen LogP contribution in [0.25, 0.3) is 21.4 Å². The molecular weight excluding hydrogens is 466 g/mol. The van der Waals surface area contributed by atoms with Crippen LogP contribution in [0.5, 0.6) is 0 Å². The molecule has 0 atom stereocenters. The Balaban J connectivity index is 1.47. The highest BCUT2D eigenvalue weighted by Crippen LogP contribution is 2.38. The van der Waals surface area contributed by atoms with Crippen LogP contribution in [0.2, 0.25) is 0 Å². The van der Waals surface area contributed by atoms with E-state index in [1.165, 1.54) is 11.3 Å². The van der Waals surface area contributed by atoms with Gasteiger partial charge in [0.15, 0.2) is 12.0 Å². The Morgan fingerprint density at radius 1 is 1.03 bits per heavy atom. The van der Waals surface area contributed by atoms with Gasteiger partial charge >= 0.3 is 11.9 Å². The topological polar surface area (TPSA) is 112 Å². The number of amides is 1. The van der Waals surface area contributed by atoms with E-state index in [0.29, 0.717) is 10.9 Å². The van der Waals surface area contributed by atoms with Crippen molar-refractivity contribution in [2.75, 3.05) is 18.5 Å². The van der Waals surface area contributed by atoms with E-state index in [4.69, 9.17) is 13.9 Å². The highest BCUT2D eigenvalue weighted by molar-refractivity contribution is 7.17. The van der Waals surface area contributed by atoms with Crippen LogP contribution in [0.1, 0.15) is 27.8 Å². The number of carbonyl (C=O) groups is 3. The standard InChI is InChI=1S/C23H17NO7S2/c1-2-29-23(28)20-14(18-8-5-9-32-18)12-33-21(20)24-19(26)11-30-22(27)17-10-15(25)13-6-3-4-7-16(13)31-17/h3-10,12H,2,11H2,1H3,(H,24,26). The lowest BCUT2D eigenvalue weighted by Gasteiger charge is -2.08. The summed E-state index contributed by atoms with van der Waals surface area (Å²) in [5.41, 5.74) is 0.732. The van der Waals surface area contributed by atoms with Gasteiger partial charge in [-0.1, -0.05) is 18.2 Å². The van der Waals surface area contributed by atoms with Gasteiger partial charge in [0.25, 0.3) is 5.91 Å². The normalized spacial score (nSPS) is 10.7. The van der Waals surface area contributed by atoms with Gasteiger partial charge in [-0.25, -0.2) is 9.59 Å². The highest BCUT2D eigenvalue weighted by Gasteiger charge is 2.24. The van der Waals surface area contributed by atoms with E-state index in [9.17, 15) is 19.2 Å². The maximum Gasteiger partial charge on any atom is 0.374 e. The molecule has 0 spiro atoms. The second-order valence-electron chi connectivity index (χ2n) is 6.65. The van der Waals surface area contributed by atoms with Crippen LogP contribution in [0.4, 0.5) is 5.00 Å². The van der Waals surface area contributed by atoms with Gasteiger partial charge in [-0.05, 0) is 30.5 Å². The van der Waals surface area contributed by atoms with Gasteiger partial charge in [-0.15, -0.1) is 22.7 Å². The molecule has 0 radical (unpaired) electrons. The number of esters is 2. The summed E-state index contributed by atoms with van der Waals surface area (Å²) in [6.45, 7) is 1.24. The highest BCUT2D eigenvalue weighted by atomic mass is 32.1. The zero-order valence-corrected chi connectivity index (χ0v) is 18.9.